The van der Waals surface area contributed by atoms with Gasteiger partial charge in [0.05, 0.1) is 7.11 Å². The zero-order chi connectivity index (χ0) is 14.5. The molecule has 0 saturated heterocycles. The average molecular weight is 340 g/mol. The second-order valence-corrected chi connectivity index (χ2v) is 6.88. The Hall–Kier alpha value is -0.540. The first-order valence-corrected chi connectivity index (χ1v) is 8.51. The van der Waals surface area contributed by atoms with E-state index >= 15 is 0 Å². The smallest absolute Gasteiger partial charge is 0.119 e. The third-order valence-corrected chi connectivity index (χ3v) is 5.49. The summed E-state index contributed by atoms with van der Waals surface area (Å²) in [7, 11) is 1.71. The molecule has 20 heavy (non-hydrogen) atoms. The van der Waals surface area contributed by atoms with Gasteiger partial charge in [0, 0.05) is 10.5 Å². The first-order valence-electron chi connectivity index (χ1n) is 7.72. The van der Waals surface area contributed by atoms with Crippen molar-refractivity contribution in [3.05, 3.63) is 28.2 Å². The number of halogens is 1. The van der Waals surface area contributed by atoms with Crippen LogP contribution in [0.25, 0.3) is 0 Å². The van der Waals surface area contributed by atoms with Crippen molar-refractivity contribution in [2.45, 2.75) is 51.5 Å². The van der Waals surface area contributed by atoms with Gasteiger partial charge < -0.3 is 10.5 Å². The van der Waals surface area contributed by atoms with E-state index in [1.807, 2.05) is 6.07 Å². The molecule has 1 aliphatic carbocycles. The highest BCUT2D eigenvalue weighted by atomic mass is 79.9. The summed E-state index contributed by atoms with van der Waals surface area (Å²) >= 11 is 3.63. The summed E-state index contributed by atoms with van der Waals surface area (Å²) in [6.07, 6.45) is 7.56. The van der Waals surface area contributed by atoms with E-state index in [4.69, 9.17) is 10.5 Å². The lowest BCUT2D eigenvalue weighted by molar-refractivity contribution is 0.228. The molecule has 2 nitrogen and oxygen atoms in total. The maximum Gasteiger partial charge on any atom is 0.119 e. The predicted molar refractivity (Wildman–Crippen MR) is 88.1 cm³/mol. The Labute approximate surface area is 131 Å². The molecule has 0 radical (unpaired) electrons. The van der Waals surface area contributed by atoms with Crippen molar-refractivity contribution < 1.29 is 4.74 Å². The van der Waals surface area contributed by atoms with E-state index in [9.17, 15) is 0 Å². The molecule has 1 aromatic carbocycles. The Morgan fingerprint density at radius 3 is 2.90 bits per heavy atom. The summed E-state index contributed by atoms with van der Waals surface area (Å²) in [5.41, 5.74) is 7.76. The minimum absolute atomic E-state index is 0.257. The molecule has 1 saturated carbocycles. The minimum Gasteiger partial charge on any atom is -0.497 e. The largest absolute Gasteiger partial charge is 0.497 e. The van der Waals surface area contributed by atoms with Gasteiger partial charge in [0.1, 0.15) is 5.75 Å². The van der Waals surface area contributed by atoms with Gasteiger partial charge in [0.15, 0.2) is 0 Å². The van der Waals surface area contributed by atoms with E-state index in [-0.39, 0.29) is 6.04 Å². The molecule has 1 fully saturated rings. The summed E-state index contributed by atoms with van der Waals surface area (Å²) in [6.45, 7) is 2.30. The zero-order valence-electron chi connectivity index (χ0n) is 12.6. The van der Waals surface area contributed by atoms with Gasteiger partial charge in [-0.15, -0.1) is 0 Å². The van der Waals surface area contributed by atoms with E-state index in [1.165, 1.54) is 37.7 Å². The highest BCUT2D eigenvalue weighted by Gasteiger charge is 2.26. The summed E-state index contributed by atoms with van der Waals surface area (Å²) in [4.78, 5) is 0. The molecule has 2 N–H and O–H groups in total. The fourth-order valence-corrected chi connectivity index (χ4v) is 3.76. The number of nitrogens with two attached hydrogens (primary N) is 1. The van der Waals surface area contributed by atoms with Crippen molar-refractivity contribution >= 4 is 15.9 Å². The molecule has 0 heterocycles. The van der Waals surface area contributed by atoms with Gasteiger partial charge in [-0.05, 0) is 54.9 Å². The van der Waals surface area contributed by atoms with E-state index < -0.39 is 0 Å². The van der Waals surface area contributed by atoms with Crippen LogP contribution in [-0.2, 0) is 6.42 Å². The zero-order valence-corrected chi connectivity index (χ0v) is 14.2. The summed E-state index contributed by atoms with van der Waals surface area (Å²) < 4.78 is 6.45. The molecule has 0 amide bonds. The maximum absolute atomic E-state index is 6.50. The summed E-state index contributed by atoms with van der Waals surface area (Å²) in [5.74, 6) is 2.46. The Morgan fingerprint density at radius 1 is 1.40 bits per heavy atom. The van der Waals surface area contributed by atoms with Crippen LogP contribution in [0.15, 0.2) is 22.7 Å². The molecule has 3 unspecified atom stereocenters. The van der Waals surface area contributed by atoms with Crippen molar-refractivity contribution in [3.63, 3.8) is 0 Å². The van der Waals surface area contributed by atoms with E-state index in [1.54, 1.807) is 7.11 Å². The predicted octanol–water partition coefficient (Wildman–Crippen LogP) is 4.54. The van der Waals surface area contributed by atoms with Gasteiger partial charge in [0.25, 0.3) is 0 Å². The van der Waals surface area contributed by atoms with Crippen LogP contribution in [0.5, 0.6) is 5.75 Å². The van der Waals surface area contributed by atoms with E-state index in [0.29, 0.717) is 5.92 Å². The topological polar surface area (TPSA) is 35.2 Å². The quantitative estimate of drug-likeness (QED) is 0.854. The number of rotatable bonds is 5. The van der Waals surface area contributed by atoms with Gasteiger partial charge >= 0.3 is 0 Å². The third-order valence-electron chi connectivity index (χ3n) is 4.71. The first-order chi connectivity index (χ1) is 9.63. The monoisotopic (exact) mass is 339 g/mol. The molecule has 0 aromatic heterocycles. The number of hydrogen-bond acceptors (Lipinski definition) is 2. The third kappa shape index (κ3) is 3.98. The lowest BCUT2D eigenvalue weighted by Crippen LogP contribution is -2.35. The van der Waals surface area contributed by atoms with Gasteiger partial charge in [-0.2, -0.15) is 0 Å². The second kappa shape index (κ2) is 7.46. The fourth-order valence-electron chi connectivity index (χ4n) is 3.35. The highest BCUT2D eigenvalue weighted by molar-refractivity contribution is 9.10. The lowest BCUT2D eigenvalue weighted by atomic mass is 9.76. The Bertz CT molecular complexity index is 435. The number of ether oxygens (including phenoxy) is 1. The lowest BCUT2D eigenvalue weighted by Gasteiger charge is -2.32. The van der Waals surface area contributed by atoms with Gasteiger partial charge in [0.2, 0.25) is 0 Å². The van der Waals surface area contributed by atoms with Crippen LogP contribution in [0.3, 0.4) is 0 Å². The van der Waals surface area contributed by atoms with Crippen molar-refractivity contribution in [1.82, 2.24) is 0 Å². The Kier molecular flexibility index (Phi) is 5.91. The summed E-state index contributed by atoms with van der Waals surface area (Å²) in [6, 6.07) is 6.39. The SMILES string of the molecule is CCC1CCCC(C(N)Cc2cc(OC)ccc2Br)C1. The standard InChI is InChI=1S/C17H26BrNO/c1-3-12-5-4-6-13(9-12)17(19)11-14-10-15(20-2)7-8-16(14)18/h7-8,10,12-13,17H,3-6,9,11,19H2,1-2H3. The van der Waals surface area contributed by atoms with Gasteiger partial charge in [-0.1, -0.05) is 42.1 Å². The van der Waals surface area contributed by atoms with Crippen molar-refractivity contribution in [2.24, 2.45) is 17.6 Å². The van der Waals surface area contributed by atoms with Crippen molar-refractivity contribution in [1.29, 1.82) is 0 Å². The molecule has 0 spiro atoms. The van der Waals surface area contributed by atoms with Crippen LogP contribution >= 0.6 is 15.9 Å². The molecule has 0 aliphatic heterocycles. The molecule has 3 heteroatoms. The van der Waals surface area contributed by atoms with E-state index in [2.05, 4.69) is 35.0 Å². The molecule has 1 aliphatic rings. The van der Waals surface area contributed by atoms with Crippen LogP contribution in [-0.4, -0.2) is 13.2 Å². The molecule has 1 aromatic rings. The van der Waals surface area contributed by atoms with Crippen LogP contribution in [0.1, 0.15) is 44.6 Å². The number of methoxy groups -OCH3 is 1. The van der Waals surface area contributed by atoms with Crippen molar-refractivity contribution in [2.75, 3.05) is 7.11 Å². The fraction of sp³-hybridized carbons (Fsp3) is 0.647. The molecule has 0 bridgehead atoms. The number of hydrogen-bond donors (Lipinski definition) is 1. The molecule has 3 atom stereocenters. The number of benzene rings is 1. The van der Waals surface area contributed by atoms with E-state index in [0.717, 1.165) is 22.6 Å². The Morgan fingerprint density at radius 2 is 2.20 bits per heavy atom. The highest BCUT2D eigenvalue weighted by Crippen LogP contribution is 2.34. The maximum atomic E-state index is 6.50. The first kappa shape index (κ1) is 15.8. The molecular formula is C17H26BrNO. The normalized spacial score (nSPS) is 24.4. The van der Waals surface area contributed by atoms with Crippen LogP contribution in [0.4, 0.5) is 0 Å². The second-order valence-electron chi connectivity index (χ2n) is 6.03. The van der Waals surface area contributed by atoms with Crippen LogP contribution in [0.2, 0.25) is 0 Å². The molecule has 112 valence electrons. The summed E-state index contributed by atoms with van der Waals surface area (Å²) in [5, 5.41) is 0. The average Bonchev–Trinajstić information content (AvgIpc) is 2.49. The van der Waals surface area contributed by atoms with Crippen LogP contribution < -0.4 is 10.5 Å². The minimum atomic E-state index is 0.257. The Balaban J connectivity index is 2.01. The molecule has 2 rings (SSSR count). The molecular weight excluding hydrogens is 314 g/mol. The van der Waals surface area contributed by atoms with Crippen molar-refractivity contribution in [3.8, 4) is 5.75 Å². The van der Waals surface area contributed by atoms with Gasteiger partial charge in [-0.3, -0.25) is 0 Å². The van der Waals surface area contributed by atoms with Crippen LogP contribution in [0, 0.1) is 11.8 Å². The van der Waals surface area contributed by atoms with Gasteiger partial charge in [-0.25, -0.2) is 0 Å².